The van der Waals surface area contributed by atoms with Crippen LogP contribution in [0.2, 0.25) is 0 Å². The van der Waals surface area contributed by atoms with Gasteiger partial charge in [0.1, 0.15) is 4.90 Å². The molecule has 0 aliphatic carbocycles. The van der Waals surface area contributed by atoms with Crippen molar-refractivity contribution in [3.8, 4) is 0 Å². The normalized spacial score (nSPS) is 11.6. The first-order chi connectivity index (χ1) is 9.94. The lowest BCUT2D eigenvalue weighted by Gasteiger charge is -2.09. The van der Waals surface area contributed by atoms with Crippen molar-refractivity contribution in [1.29, 1.82) is 0 Å². The highest BCUT2D eigenvalue weighted by Gasteiger charge is 2.22. The minimum Gasteiger partial charge on any atom is -0.326 e. The Kier molecular flexibility index (Phi) is 4.61. The maximum absolute atomic E-state index is 13.7. The van der Waals surface area contributed by atoms with Gasteiger partial charge in [-0.1, -0.05) is 6.07 Å². The van der Waals surface area contributed by atoms with E-state index >= 15 is 0 Å². The summed E-state index contributed by atoms with van der Waals surface area (Å²) in [6, 6.07) is 6.85. The Morgan fingerprint density at radius 1 is 1.24 bits per heavy atom. The van der Waals surface area contributed by atoms with Gasteiger partial charge in [0, 0.05) is 12.7 Å². The molecule has 0 fully saturated rings. The molecular formula is C13H13F2N3O2S. The Hall–Kier alpha value is -1.90. The largest absolute Gasteiger partial charge is 0.326 e. The molecule has 2 aromatic rings. The molecule has 0 spiro atoms. The molecule has 3 N–H and O–H groups in total. The zero-order chi connectivity index (χ0) is 15.5. The topological polar surface area (TPSA) is 85.1 Å². The van der Waals surface area contributed by atoms with E-state index in [-0.39, 0.29) is 18.7 Å². The highest BCUT2D eigenvalue weighted by molar-refractivity contribution is 7.89. The molecular weight excluding hydrogens is 300 g/mol. The van der Waals surface area contributed by atoms with Crippen LogP contribution in [-0.2, 0) is 23.1 Å². The van der Waals surface area contributed by atoms with Crippen LogP contribution in [0.3, 0.4) is 0 Å². The summed E-state index contributed by atoms with van der Waals surface area (Å²) in [5, 5.41) is 0. The molecule has 0 unspecified atom stereocenters. The summed E-state index contributed by atoms with van der Waals surface area (Å²) in [6.45, 7) is -0.225. The number of rotatable bonds is 5. The molecule has 5 nitrogen and oxygen atoms in total. The van der Waals surface area contributed by atoms with Crippen LogP contribution in [-0.4, -0.2) is 13.4 Å². The van der Waals surface area contributed by atoms with Gasteiger partial charge in [-0.2, -0.15) is 0 Å². The van der Waals surface area contributed by atoms with E-state index in [9.17, 15) is 17.2 Å². The van der Waals surface area contributed by atoms with Crippen molar-refractivity contribution in [3.63, 3.8) is 0 Å². The Labute approximate surface area is 120 Å². The van der Waals surface area contributed by atoms with E-state index < -0.39 is 26.6 Å². The minimum absolute atomic E-state index is 0.0973. The highest BCUT2D eigenvalue weighted by Crippen LogP contribution is 2.19. The maximum atomic E-state index is 13.7. The predicted molar refractivity (Wildman–Crippen MR) is 72.5 cm³/mol. The number of nitrogens with one attached hydrogen (secondary N) is 1. The van der Waals surface area contributed by atoms with Crippen molar-refractivity contribution < 1.29 is 17.2 Å². The molecule has 1 aromatic carbocycles. The molecule has 0 saturated carbocycles. The number of halogens is 2. The average molecular weight is 313 g/mol. The first-order valence-electron chi connectivity index (χ1n) is 6.01. The molecule has 0 radical (unpaired) electrons. The van der Waals surface area contributed by atoms with Crippen LogP contribution in [0.15, 0.2) is 41.4 Å². The molecule has 0 aliphatic heterocycles. The molecule has 0 amide bonds. The molecule has 8 heteroatoms. The fraction of sp³-hybridized carbons (Fsp3) is 0.154. The van der Waals surface area contributed by atoms with Gasteiger partial charge >= 0.3 is 0 Å². The number of nitrogens with zero attached hydrogens (tertiary/aromatic N) is 1. The van der Waals surface area contributed by atoms with Gasteiger partial charge in [-0.05, 0) is 29.8 Å². The lowest BCUT2D eigenvalue weighted by molar-refractivity contribution is 0.481. The van der Waals surface area contributed by atoms with Gasteiger partial charge < -0.3 is 5.73 Å². The number of aromatic nitrogens is 1. The minimum atomic E-state index is -4.20. The summed E-state index contributed by atoms with van der Waals surface area (Å²) in [7, 11) is -4.20. The van der Waals surface area contributed by atoms with Crippen LogP contribution in [0.1, 0.15) is 11.3 Å². The molecule has 0 bridgehead atoms. The van der Waals surface area contributed by atoms with E-state index in [4.69, 9.17) is 5.73 Å². The third-order valence-electron chi connectivity index (χ3n) is 2.75. The van der Waals surface area contributed by atoms with Crippen LogP contribution in [0.25, 0.3) is 0 Å². The Morgan fingerprint density at radius 2 is 2.00 bits per heavy atom. The number of hydrogen-bond donors (Lipinski definition) is 2. The van der Waals surface area contributed by atoms with Crippen molar-refractivity contribution in [1.82, 2.24) is 9.71 Å². The molecule has 112 valence electrons. The van der Waals surface area contributed by atoms with Crippen LogP contribution in [0.4, 0.5) is 8.78 Å². The van der Waals surface area contributed by atoms with Crippen LogP contribution < -0.4 is 10.5 Å². The molecule has 0 atom stereocenters. The number of benzene rings is 1. The zero-order valence-corrected chi connectivity index (χ0v) is 11.7. The van der Waals surface area contributed by atoms with E-state index in [2.05, 4.69) is 9.71 Å². The Balaban J connectivity index is 2.29. The molecule has 2 rings (SSSR count). The number of pyridine rings is 1. The first-order valence-corrected chi connectivity index (χ1v) is 7.50. The second-order valence-electron chi connectivity index (χ2n) is 4.24. The summed E-state index contributed by atoms with van der Waals surface area (Å²) in [5.74, 6) is -2.68. The lowest BCUT2D eigenvalue weighted by Crippen LogP contribution is -2.25. The molecule has 1 aromatic heterocycles. The number of nitrogens with two attached hydrogens (primary N) is 1. The Morgan fingerprint density at radius 3 is 2.62 bits per heavy atom. The molecule has 1 heterocycles. The molecule has 0 aliphatic rings. The van der Waals surface area contributed by atoms with E-state index in [1.54, 1.807) is 18.2 Å². The van der Waals surface area contributed by atoms with E-state index in [1.165, 1.54) is 6.20 Å². The van der Waals surface area contributed by atoms with Crippen molar-refractivity contribution in [3.05, 3.63) is 59.4 Å². The summed E-state index contributed by atoms with van der Waals surface area (Å²) in [5.41, 5.74) is 5.97. The van der Waals surface area contributed by atoms with Crippen molar-refractivity contribution in [2.45, 2.75) is 18.0 Å². The van der Waals surface area contributed by atoms with Gasteiger partial charge in [0.25, 0.3) is 0 Å². The third kappa shape index (κ3) is 3.60. The quantitative estimate of drug-likeness (QED) is 0.871. The SMILES string of the molecule is NCc1cc(F)c(F)c(S(=O)(=O)NCc2ccccn2)c1. The van der Waals surface area contributed by atoms with Crippen molar-refractivity contribution >= 4 is 10.0 Å². The maximum Gasteiger partial charge on any atom is 0.243 e. The van der Waals surface area contributed by atoms with E-state index in [0.717, 1.165) is 12.1 Å². The average Bonchev–Trinajstić information content (AvgIpc) is 2.48. The standard InChI is InChI=1S/C13H13F2N3O2S/c14-11-5-9(7-16)6-12(13(11)15)21(19,20)18-8-10-3-1-2-4-17-10/h1-6,18H,7-8,16H2. The van der Waals surface area contributed by atoms with E-state index in [1.807, 2.05) is 0 Å². The summed E-state index contributed by atoms with van der Waals surface area (Å²) < 4.78 is 53.4. The molecule has 21 heavy (non-hydrogen) atoms. The number of sulfonamides is 1. The van der Waals surface area contributed by atoms with Gasteiger partial charge in [-0.3, -0.25) is 4.98 Å². The smallest absolute Gasteiger partial charge is 0.243 e. The second-order valence-corrected chi connectivity index (χ2v) is 5.97. The molecule has 0 saturated heterocycles. The fourth-order valence-electron chi connectivity index (χ4n) is 1.68. The fourth-order valence-corrected chi connectivity index (χ4v) is 2.81. The van der Waals surface area contributed by atoms with Gasteiger partial charge in [0.05, 0.1) is 12.2 Å². The van der Waals surface area contributed by atoms with Crippen molar-refractivity contribution in [2.24, 2.45) is 5.73 Å². The summed E-state index contributed by atoms with van der Waals surface area (Å²) >= 11 is 0. The summed E-state index contributed by atoms with van der Waals surface area (Å²) in [4.78, 5) is 3.17. The second kappa shape index (κ2) is 6.25. The first kappa shape index (κ1) is 15.5. The van der Waals surface area contributed by atoms with Crippen molar-refractivity contribution in [2.75, 3.05) is 0 Å². The predicted octanol–water partition coefficient (Wildman–Crippen LogP) is 1.30. The highest BCUT2D eigenvalue weighted by atomic mass is 32.2. The van der Waals surface area contributed by atoms with Gasteiger partial charge in [-0.25, -0.2) is 21.9 Å². The van der Waals surface area contributed by atoms with Crippen LogP contribution in [0.5, 0.6) is 0 Å². The van der Waals surface area contributed by atoms with Crippen LogP contribution >= 0.6 is 0 Å². The third-order valence-corrected chi connectivity index (χ3v) is 4.15. The van der Waals surface area contributed by atoms with Gasteiger partial charge in [-0.15, -0.1) is 0 Å². The van der Waals surface area contributed by atoms with Gasteiger partial charge in [0.2, 0.25) is 10.0 Å². The van der Waals surface area contributed by atoms with Crippen LogP contribution in [0, 0.1) is 11.6 Å². The Bertz CT molecular complexity index is 737. The van der Waals surface area contributed by atoms with Gasteiger partial charge in [0.15, 0.2) is 11.6 Å². The monoisotopic (exact) mass is 313 g/mol. The summed E-state index contributed by atoms with van der Waals surface area (Å²) in [6.07, 6.45) is 1.50. The zero-order valence-electron chi connectivity index (χ0n) is 10.9. The lowest BCUT2D eigenvalue weighted by atomic mass is 10.2. The van der Waals surface area contributed by atoms with E-state index in [0.29, 0.717) is 5.69 Å². The number of hydrogen-bond acceptors (Lipinski definition) is 4.